The number of aromatic carboxylic acids is 1. The van der Waals surface area contributed by atoms with Crippen LogP contribution in [0.2, 0.25) is 0 Å². The van der Waals surface area contributed by atoms with Crippen molar-refractivity contribution in [2.24, 2.45) is 0 Å². The summed E-state index contributed by atoms with van der Waals surface area (Å²) in [7, 11) is 0. The molecule has 0 heterocycles. The van der Waals surface area contributed by atoms with Gasteiger partial charge in [-0.2, -0.15) is 13.2 Å². The lowest BCUT2D eigenvalue weighted by atomic mass is 10.1. The molecule has 110 valence electrons. The van der Waals surface area contributed by atoms with E-state index in [-0.39, 0.29) is 0 Å². The van der Waals surface area contributed by atoms with Crippen molar-refractivity contribution >= 4 is 17.7 Å². The summed E-state index contributed by atoms with van der Waals surface area (Å²) in [6.45, 7) is 1.86. The smallest absolute Gasteiger partial charge is 0.417 e. The predicted octanol–water partition coefficient (Wildman–Crippen LogP) is 4.86. The largest absolute Gasteiger partial charge is 0.478 e. The summed E-state index contributed by atoms with van der Waals surface area (Å²) >= 11 is 1.17. The molecule has 0 bridgehead atoms. The number of benzene rings is 2. The van der Waals surface area contributed by atoms with Gasteiger partial charge < -0.3 is 5.11 Å². The molecule has 21 heavy (non-hydrogen) atoms. The Bertz CT molecular complexity index is 681. The van der Waals surface area contributed by atoms with Crippen molar-refractivity contribution in [3.05, 3.63) is 59.2 Å². The Hall–Kier alpha value is -1.95. The molecule has 0 unspecified atom stereocenters. The van der Waals surface area contributed by atoms with Gasteiger partial charge in [-0.05, 0) is 36.8 Å². The third-order valence-corrected chi connectivity index (χ3v) is 4.02. The fourth-order valence-electron chi connectivity index (χ4n) is 1.81. The number of carboxylic acids is 1. The summed E-state index contributed by atoms with van der Waals surface area (Å²) in [6, 6.07) is 10.6. The summed E-state index contributed by atoms with van der Waals surface area (Å²) in [6.07, 6.45) is -4.70. The Morgan fingerprint density at radius 1 is 1.14 bits per heavy atom. The number of hydrogen-bond acceptors (Lipinski definition) is 2. The number of alkyl halides is 3. The van der Waals surface area contributed by atoms with Crippen LogP contribution in [0.3, 0.4) is 0 Å². The summed E-state index contributed by atoms with van der Waals surface area (Å²) in [5, 5.41) is 8.85. The third-order valence-electron chi connectivity index (χ3n) is 2.85. The molecule has 0 atom stereocenters. The van der Waals surface area contributed by atoms with Crippen molar-refractivity contribution in [2.75, 3.05) is 0 Å². The van der Waals surface area contributed by atoms with Gasteiger partial charge in [-0.25, -0.2) is 4.79 Å². The number of carboxylic acid groups (broad SMARTS) is 1. The number of carbonyl (C=O) groups is 1. The fourth-order valence-corrected chi connectivity index (χ4v) is 2.75. The summed E-state index contributed by atoms with van der Waals surface area (Å²) in [4.78, 5) is 12.1. The highest BCUT2D eigenvalue weighted by atomic mass is 32.2. The molecule has 0 radical (unpaired) electrons. The molecule has 0 aliphatic carbocycles. The number of rotatable bonds is 3. The van der Waals surface area contributed by atoms with Gasteiger partial charge in [0.15, 0.2) is 0 Å². The van der Waals surface area contributed by atoms with Crippen LogP contribution in [-0.2, 0) is 6.18 Å². The first-order chi connectivity index (χ1) is 9.79. The highest BCUT2D eigenvalue weighted by Crippen LogP contribution is 2.37. The quantitative estimate of drug-likeness (QED) is 0.879. The Morgan fingerprint density at radius 3 is 2.38 bits per heavy atom. The zero-order valence-electron chi connectivity index (χ0n) is 10.9. The molecule has 0 aromatic heterocycles. The summed E-state index contributed by atoms with van der Waals surface area (Å²) in [5.74, 6) is -1.59. The first-order valence-corrected chi connectivity index (χ1v) is 6.78. The number of halogens is 3. The molecule has 2 nitrogen and oxygen atoms in total. The van der Waals surface area contributed by atoms with Gasteiger partial charge in [0, 0.05) is 9.79 Å². The third kappa shape index (κ3) is 3.58. The van der Waals surface area contributed by atoms with Crippen LogP contribution in [0, 0.1) is 6.92 Å². The maximum absolute atomic E-state index is 12.9. The van der Waals surface area contributed by atoms with E-state index in [2.05, 4.69) is 0 Å². The zero-order valence-corrected chi connectivity index (χ0v) is 11.8. The van der Waals surface area contributed by atoms with Crippen LogP contribution in [0.15, 0.2) is 52.3 Å². The first kappa shape index (κ1) is 15.4. The van der Waals surface area contributed by atoms with E-state index in [4.69, 9.17) is 5.11 Å². The van der Waals surface area contributed by atoms with E-state index in [1.165, 1.54) is 17.8 Å². The van der Waals surface area contributed by atoms with Gasteiger partial charge in [0.1, 0.15) is 0 Å². The monoisotopic (exact) mass is 312 g/mol. The first-order valence-electron chi connectivity index (χ1n) is 5.97. The van der Waals surface area contributed by atoms with Crippen LogP contribution in [0.4, 0.5) is 13.2 Å². The van der Waals surface area contributed by atoms with Crippen molar-refractivity contribution in [3.63, 3.8) is 0 Å². The van der Waals surface area contributed by atoms with Gasteiger partial charge >= 0.3 is 12.1 Å². The zero-order chi connectivity index (χ0) is 15.6. The lowest BCUT2D eigenvalue weighted by molar-refractivity contribution is -0.138. The molecule has 0 aliphatic heterocycles. The Labute approximate surface area is 123 Å². The number of aryl methyl sites for hydroxylation is 1. The van der Waals surface area contributed by atoms with Crippen LogP contribution in [0.1, 0.15) is 21.5 Å². The second kappa shape index (κ2) is 5.81. The molecular weight excluding hydrogens is 301 g/mol. The predicted molar refractivity (Wildman–Crippen MR) is 73.7 cm³/mol. The molecule has 0 aliphatic rings. The van der Waals surface area contributed by atoms with Crippen molar-refractivity contribution in [1.29, 1.82) is 0 Å². The van der Waals surface area contributed by atoms with E-state index in [1.54, 1.807) is 12.1 Å². The average molecular weight is 312 g/mol. The van der Waals surface area contributed by atoms with E-state index >= 15 is 0 Å². The second-order valence-corrected chi connectivity index (χ2v) is 5.49. The molecule has 0 amide bonds. The van der Waals surface area contributed by atoms with Gasteiger partial charge in [-0.3, -0.25) is 0 Å². The highest BCUT2D eigenvalue weighted by Gasteiger charge is 2.35. The van der Waals surface area contributed by atoms with Crippen LogP contribution < -0.4 is 0 Å². The minimum Gasteiger partial charge on any atom is -0.478 e. The van der Waals surface area contributed by atoms with Gasteiger partial charge in [0.25, 0.3) is 0 Å². The SMILES string of the molecule is Cc1ccccc1Sc1ccc(C(=O)O)c(C(F)(F)F)c1. The van der Waals surface area contributed by atoms with Crippen LogP contribution in [-0.4, -0.2) is 11.1 Å². The molecule has 2 aromatic rings. The van der Waals surface area contributed by atoms with Crippen LogP contribution in [0.5, 0.6) is 0 Å². The van der Waals surface area contributed by atoms with Gasteiger partial charge in [0.05, 0.1) is 11.1 Å². The van der Waals surface area contributed by atoms with E-state index in [1.807, 2.05) is 19.1 Å². The molecule has 2 rings (SSSR count). The highest BCUT2D eigenvalue weighted by molar-refractivity contribution is 7.99. The lowest BCUT2D eigenvalue weighted by Gasteiger charge is -2.12. The maximum Gasteiger partial charge on any atom is 0.417 e. The van der Waals surface area contributed by atoms with Gasteiger partial charge in [-0.15, -0.1) is 0 Å². The standard InChI is InChI=1S/C15H11F3O2S/c1-9-4-2-3-5-13(9)21-10-6-7-11(14(19)20)12(8-10)15(16,17)18/h2-8H,1H3,(H,19,20). The van der Waals surface area contributed by atoms with Crippen LogP contribution >= 0.6 is 11.8 Å². The number of hydrogen-bond donors (Lipinski definition) is 1. The molecule has 0 fully saturated rings. The van der Waals surface area contributed by atoms with E-state index in [9.17, 15) is 18.0 Å². The Kier molecular flexibility index (Phi) is 4.27. The van der Waals surface area contributed by atoms with E-state index < -0.39 is 23.3 Å². The summed E-state index contributed by atoms with van der Waals surface area (Å²) in [5.41, 5.74) is -0.927. The van der Waals surface area contributed by atoms with Crippen LogP contribution in [0.25, 0.3) is 0 Å². The minimum atomic E-state index is -4.70. The topological polar surface area (TPSA) is 37.3 Å². The van der Waals surface area contributed by atoms with Crippen molar-refractivity contribution in [3.8, 4) is 0 Å². The molecule has 0 saturated heterocycles. The van der Waals surface area contributed by atoms with Gasteiger partial charge in [0.2, 0.25) is 0 Å². The Balaban J connectivity index is 2.43. The molecule has 1 N–H and O–H groups in total. The maximum atomic E-state index is 12.9. The van der Waals surface area contributed by atoms with Crippen molar-refractivity contribution < 1.29 is 23.1 Å². The van der Waals surface area contributed by atoms with Crippen molar-refractivity contribution in [2.45, 2.75) is 22.9 Å². The van der Waals surface area contributed by atoms with Gasteiger partial charge in [-0.1, -0.05) is 30.0 Å². The second-order valence-electron chi connectivity index (χ2n) is 4.38. The minimum absolute atomic E-state index is 0.349. The fraction of sp³-hybridized carbons (Fsp3) is 0.133. The average Bonchev–Trinajstić information content (AvgIpc) is 2.40. The van der Waals surface area contributed by atoms with E-state index in [0.717, 1.165) is 22.6 Å². The molecule has 2 aromatic carbocycles. The molecule has 0 saturated carbocycles. The lowest BCUT2D eigenvalue weighted by Crippen LogP contribution is -2.12. The Morgan fingerprint density at radius 2 is 1.81 bits per heavy atom. The molecule has 0 spiro atoms. The van der Waals surface area contributed by atoms with E-state index in [0.29, 0.717) is 4.90 Å². The molecular formula is C15H11F3O2S. The summed E-state index contributed by atoms with van der Waals surface area (Å²) < 4.78 is 38.8. The van der Waals surface area contributed by atoms with Crippen molar-refractivity contribution in [1.82, 2.24) is 0 Å². The molecule has 6 heteroatoms. The normalized spacial score (nSPS) is 11.4.